The molecule has 3 heterocycles. The van der Waals surface area contributed by atoms with Crippen LogP contribution in [0.15, 0.2) is 36.4 Å². The van der Waals surface area contributed by atoms with Crippen LogP contribution in [0.1, 0.15) is 46.5 Å². The second-order valence-electron chi connectivity index (χ2n) is 11.3. The fourth-order valence-electron chi connectivity index (χ4n) is 5.62. The van der Waals surface area contributed by atoms with E-state index in [4.69, 9.17) is 4.74 Å². The number of hydrogen-bond acceptors (Lipinski definition) is 11. The van der Waals surface area contributed by atoms with E-state index in [2.05, 4.69) is 20.3 Å². The number of likely N-dealkylation sites (tertiary alicyclic amines) is 1. The van der Waals surface area contributed by atoms with Gasteiger partial charge in [0.05, 0.1) is 11.5 Å². The number of nitrogens with zero attached hydrogens (tertiary/aromatic N) is 4. The Bertz CT molecular complexity index is 1410. The van der Waals surface area contributed by atoms with Gasteiger partial charge >= 0.3 is 6.16 Å². The lowest BCUT2D eigenvalue weighted by atomic mass is 9.96. The van der Waals surface area contributed by atoms with E-state index in [0.29, 0.717) is 19.0 Å². The minimum Gasteiger partial charge on any atom is -0.434 e. The highest BCUT2D eigenvalue weighted by Gasteiger charge is 2.29. The van der Waals surface area contributed by atoms with Crippen molar-refractivity contribution in [1.82, 2.24) is 15.1 Å². The molecule has 0 spiro atoms. The Morgan fingerprint density at radius 3 is 2.16 bits per heavy atom. The quantitative estimate of drug-likeness (QED) is 0.0962. The number of nitro benzene ring substituents is 1. The third-order valence-corrected chi connectivity index (χ3v) is 8.11. The molecule has 3 saturated heterocycles. The maximum Gasteiger partial charge on any atom is 0.513 e. The summed E-state index contributed by atoms with van der Waals surface area (Å²) in [7, 11) is 0. The summed E-state index contributed by atoms with van der Waals surface area (Å²) in [5.41, 5.74) is 0.0718. The third kappa shape index (κ3) is 11.7. The molecule has 14 nitrogen and oxygen atoms in total. The number of carbonyl (C=O) groups excluding carboxylic acids is 4. The number of rotatable bonds is 9. The van der Waals surface area contributed by atoms with Crippen LogP contribution in [-0.4, -0.2) is 97.6 Å². The number of piperidine rings is 2. The summed E-state index contributed by atoms with van der Waals surface area (Å²) in [6, 6.07) is 6.86. The Labute approximate surface area is 283 Å². The summed E-state index contributed by atoms with van der Waals surface area (Å²) >= 11 is 0. The smallest absolute Gasteiger partial charge is 0.434 e. The molecule has 268 valence electrons. The molecule has 1 unspecified atom stereocenters. The largest absolute Gasteiger partial charge is 0.513 e. The Hall–Kier alpha value is -4.86. The highest BCUT2D eigenvalue weighted by atomic mass is 19.1. The lowest BCUT2D eigenvalue weighted by Gasteiger charge is -2.39. The molecule has 3 fully saturated rings. The number of piperazine rings is 1. The van der Waals surface area contributed by atoms with Crippen molar-refractivity contribution in [2.75, 3.05) is 62.6 Å². The van der Waals surface area contributed by atoms with E-state index in [1.54, 1.807) is 16.7 Å². The van der Waals surface area contributed by atoms with E-state index in [1.165, 1.54) is 36.4 Å². The summed E-state index contributed by atoms with van der Waals surface area (Å²) in [6.45, 7) is 10.9. The van der Waals surface area contributed by atoms with Gasteiger partial charge in [0.1, 0.15) is 17.5 Å². The number of carbonyl (C=O) groups is 4. The lowest BCUT2D eigenvalue weighted by molar-refractivity contribution is -0.384. The van der Waals surface area contributed by atoms with Gasteiger partial charge in [0.2, 0.25) is 18.2 Å². The predicted molar refractivity (Wildman–Crippen MR) is 177 cm³/mol. The molecule has 3 aliphatic rings. The van der Waals surface area contributed by atoms with Crippen LogP contribution in [0.5, 0.6) is 5.75 Å². The number of nitrogens with one attached hydrogen (secondary N) is 2. The number of anilines is 2. The second kappa shape index (κ2) is 19.2. The van der Waals surface area contributed by atoms with Gasteiger partial charge in [0, 0.05) is 70.1 Å². The van der Waals surface area contributed by atoms with Crippen molar-refractivity contribution in [3.63, 3.8) is 0 Å². The van der Waals surface area contributed by atoms with Gasteiger partial charge in [0.25, 0.3) is 5.69 Å². The number of non-ortho nitro benzene ring substituents is 1. The van der Waals surface area contributed by atoms with Crippen LogP contribution in [0.25, 0.3) is 0 Å². The van der Waals surface area contributed by atoms with Crippen LogP contribution in [0.3, 0.4) is 0 Å². The molecule has 5 rings (SSSR count). The molecule has 3 amide bonds. The van der Waals surface area contributed by atoms with Gasteiger partial charge in [-0.1, -0.05) is 13.8 Å². The Kier molecular flexibility index (Phi) is 15.1. The maximum atomic E-state index is 14.8. The van der Waals surface area contributed by atoms with Gasteiger partial charge < -0.3 is 24.6 Å². The van der Waals surface area contributed by atoms with Gasteiger partial charge in [-0.25, -0.2) is 13.6 Å². The van der Waals surface area contributed by atoms with Gasteiger partial charge in [-0.2, -0.15) is 0 Å². The highest BCUT2D eigenvalue weighted by Crippen LogP contribution is 2.29. The van der Waals surface area contributed by atoms with Gasteiger partial charge in [-0.3, -0.25) is 34.7 Å². The van der Waals surface area contributed by atoms with Crippen LogP contribution in [0.4, 0.5) is 30.6 Å². The normalized spacial score (nSPS) is 18.2. The standard InChI is InChI=1S/C22H29F2N5O3.C9H9NO5.C2H6/c23-17-11-16(25-19-1-2-20(31)26-22(19)32)12-18(24)21(17)29-9-7-27(8-10-29)13-15-3-5-28(14-30)6-4-15;1-2-14-9(11)15-8-5-3-7(4-6-8)10(12)13;1-2/h11-12,14-15,19,25H,1-10,13H2,(H,26,31,32);3-6H,2H2,1H3;1-2H3. The monoisotopic (exact) mass is 690 g/mol. The summed E-state index contributed by atoms with van der Waals surface area (Å²) in [5.74, 6) is -1.42. The van der Waals surface area contributed by atoms with Gasteiger partial charge in [-0.05, 0) is 56.4 Å². The van der Waals surface area contributed by atoms with Crippen LogP contribution >= 0.6 is 0 Å². The number of nitro groups is 1. The molecule has 16 heteroatoms. The number of benzene rings is 2. The predicted octanol–water partition coefficient (Wildman–Crippen LogP) is 4.33. The Morgan fingerprint density at radius 2 is 1.63 bits per heavy atom. The summed E-state index contributed by atoms with van der Waals surface area (Å²) in [5, 5.41) is 15.4. The zero-order valence-electron chi connectivity index (χ0n) is 28.0. The molecule has 1 atom stereocenters. The maximum absolute atomic E-state index is 14.8. The van der Waals surface area contributed by atoms with Crippen molar-refractivity contribution in [3.8, 4) is 5.75 Å². The summed E-state index contributed by atoms with van der Waals surface area (Å²) in [4.78, 5) is 60.5. The molecule has 3 aliphatic heterocycles. The SMILES string of the molecule is CC.CCOC(=O)Oc1ccc([N+](=O)[O-])cc1.O=CN1CCC(CN2CCN(c3c(F)cc(NC4CCC(=O)NC4=O)cc3F)CC2)CC1. The topological polar surface area (TPSA) is 164 Å². The number of imide groups is 1. The van der Waals surface area contributed by atoms with Crippen LogP contribution in [0.2, 0.25) is 0 Å². The van der Waals surface area contributed by atoms with Gasteiger partial charge in [-0.15, -0.1) is 0 Å². The molecule has 0 aliphatic carbocycles. The van der Waals surface area contributed by atoms with Crippen molar-refractivity contribution in [2.24, 2.45) is 5.92 Å². The molecule has 2 aromatic rings. The van der Waals surface area contributed by atoms with Crippen LogP contribution in [-0.2, 0) is 19.1 Å². The minimum absolute atomic E-state index is 0.0437. The van der Waals surface area contributed by atoms with Gasteiger partial charge in [0.15, 0.2) is 11.6 Å². The van der Waals surface area contributed by atoms with E-state index in [1.807, 2.05) is 13.8 Å². The van der Waals surface area contributed by atoms with E-state index in [0.717, 1.165) is 52.0 Å². The Balaban J connectivity index is 0.000000321. The van der Waals surface area contributed by atoms with Crippen molar-refractivity contribution >= 4 is 41.4 Å². The third-order valence-electron chi connectivity index (χ3n) is 8.11. The van der Waals surface area contributed by atoms with Crippen molar-refractivity contribution in [3.05, 3.63) is 58.1 Å². The number of ether oxygens (including phenoxy) is 2. The first-order valence-electron chi connectivity index (χ1n) is 16.4. The molecule has 2 aromatic carbocycles. The fraction of sp³-hybridized carbons (Fsp3) is 0.515. The molecule has 0 bridgehead atoms. The lowest BCUT2D eigenvalue weighted by Crippen LogP contribution is -2.49. The molecule has 0 radical (unpaired) electrons. The number of amides is 3. The summed E-state index contributed by atoms with van der Waals surface area (Å²) in [6.07, 6.45) is 2.53. The highest BCUT2D eigenvalue weighted by molar-refractivity contribution is 6.01. The van der Waals surface area contributed by atoms with Crippen molar-refractivity contribution < 1.29 is 42.4 Å². The first-order chi connectivity index (χ1) is 23.6. The second-order valence-corrected chi connectivity index (χ2v) is 11.3. The van der Waals surface area contributed by atoms with E-state index in [-0.39, 0.29) is 48.2 Å². The molecule has 0 aromatic heterocycles. The average Bonchev–Trinajstić information content (AvgIpc) is 3.08. The van der Waals surface area contributed by atoms with Crippen LogP contribution in [0, 0.1) is 27.7 Å². The van der Waals surface area contributed by atoms with E-state index >= 15 is 0 Å². The van der Waals surface area contributed by atoms with Crippen molar-refractivity contribution in [2.45, 2.75) is 52.5 Å². The number of halogens is 2. The minimum atomic E-state index is -0.827. The molecular weight excluding hydrogens is 646 g/mol. The average molecular weight is 691 g/mol. The van der Waals surface area contributed by atoms with Crippen LogP contribution < -0.4 is 20.3 Å². The zero-order chi connectivity index (χ0) is 35.9. The van der Waals surface area contributed by atoms with E-state index in [9.17, 15) is 38.1 Å². The molecule has 2 N–H and O–H groups in total. The Morgan fingerprint density at radius 1 is 1.02 bits per heavy atom. The zero-order valence-corrected chi connectivity index (χ0v) is 28.0. The molecule has 0 saturated carbocycles. The first-order valence-corrected chi connectivity index (χ1v) is 16.4. The number of hydrogen-bond donors (Lipinski definition) is 2. The molecule has 49 heavy (non-hydrogen) atoms. The first kappa shape index (κ1) is 38.6. The molecular formula is C33H44F2N6O8. The summed E-state index contributed by atoms with van der Waals surface area (Å²) < 4.78 is 38.9. The fourth-order valence-corrected chi connectivity index (χ4v) is 5.62. The van der Waals surface area contributed by atoms with E-state index < -0.39 is 34.7 Å². The van der Waals surface area contributed by atoms with Crippen molar-refractivity contribution in [1.29, 1.82) is 0 Å².